The van der Waals surface area contributed by atoms with E-state index in [1.54, 1.807) is 0 Å². The maximum Gasteiger partial charge on any atom is 0.276 e. The summed E-state index contributed by atoms with van der Waals surface area (Å²) in [5.41, 5.74) is 3.19. The van der Waals surface area contributed by atoms with Gasteiger partial charge in [0.2, 0.25) is 0 Å². The molecule has 1 fully saturated rings. The Morgan fingerprint density at radius 3 is 2.54 bits per heavy atom. The average molecular weight is 376 g/mol. The molecule has 0 saturated carbocycles. The van der Waals surface area contributed by atoms with Crippen molar-refractivity contribution in [3.63, 3.8) is 0 Å². The van der Waals surface area contributed by atoms with E-state index in [9.17, 15) is 4.79 Å². The molecule has 0 unspecified atom stereocenters. The zero-order valence-corrected chi connectivity index (χ0v) is 16.0. The molecule has 1 amide bonds. The molecule has 7 heteroatoms. The van der Waals surface area contributed by atoms with Crippen LogP contribution in [0.3, 0.4) is 0 Å². The second-order valence-corrected chi connectivity index (χ2v) is 7.04. The normalized spacial score (nSPS) is 15.4. The number of carbonyl (C=O) groups excluding carboxylic acids is 1. The maximum atomic E-state index is 13.1. The highest BCUT2D eigenvalue weighted by Crippen LogP contribution is 2.14. The van der Waals surface area contributed by atoms with Gasteiger partial charge in [-0.3, -0.25) is 14.7 Å². The monoisotopic (exact) mass is 376 g/mol. The summed E-state index contributed by atoms with van der Waals surface area (Å²) in [5.74, 6) is -0.0366. The molecule has 0 bridgehead atoms. The fraction of sp³-hybridized carbons (Fsp3) is 0.333. The van der Waals surface area contributed by atoms with Gasteiger partial charge in [-0.2, -0.15) is 9.90 Å². The van der Waals surface area contributed by atoms with E-state index in [0.717, 1.165) is 38.3 Å². The van der Waals surface area contributed by atoms with Gasteiger partial charge in [0.05, 0.1) is 11.4 Å². The summed E-state index contributed by atoms with van der Waals surface area (Å²) < 4.78 is 0. The molecular formula is C21H24N6O. The van der Waals surface area contributed by atoms with Crippen molar-refractivity contribution in [1.29, 1.82) is 0 Å². The van der Waals surface area contributed by atoms with Crippen LogP contribution >= 0.6 is 0 Å². The second-order valence-electron chi connectivity index (χ2n) is 7.04. The number of pyridine rings is 1. The zero-order valence-electron chi connectivity index (χ0n) is 16.0. The molecule has 1 aliphatic heterocycles. The first-order valence-corrected chi connectivity index (χ1v) is 9.60. The largest absolute Gasteiger partial charge is 0.336 e. The predicted molar refractivity (Wildman–Crippen MR) is 106 cm³/mol. The van der Waals surface area contributed by atoms with Crippen molar-refractivity contribution in [3.05, 3.63) is 71.8 Å². The summed E-state index contributed by atoms with van der Waals surface area (Å²) in [6.45, 7) is 5.98. The third-order valence-corrected chi connectivity index (χ3v) is 5.00. The highest BCUT2D eigenvalue weighted by Gasteiger charge is 2.24. The first kappa shape index (κ1) is 18.3. The average Bonchev–Trinajstić information content (AvgIpc) is 2.97. The van der Waals surface area contributed by atoms with Gasteiger partial charge in [0.1, 0.15) is 0 Å². The third-order valence-electron chi connectivity index (χ3n) is 5.00. The van der Waals surface area contributed by atoms with Gasteiger partial charge < -0.3 is 4.90 Å². The van der Waals surface area contributed by atoms with Gasteiger partial charge >= 0.3 is 0 Å². The molecule has 0 atom stereocenters. The Hall–Kier alpha value is -3.06. The van der Waals surface area contributed by atoms with Crippen molar-refractivity contribution in [2.75, 3.05) is 26.2 Å². The molecule has 0 N–H and O–H groups in total. The molecule has 1 saturated heterocycles. The minimum absolute atomic E-state index is 0.0366. The van der Waals surface area contributed by atoms with Crippen LogP contribution in [0.25, 0.3) is 5.69 Å². The number of benzene rings is 1. The van der Waals surface area contributed by atoms with E-state index >= 15 is 0 Å². The maximum absolute atomic E-state index is 13.1. The van der Waals surface area contributed by atoms with Crippen LogP contribution in [0.5, 0.6) is 0 Å². The quantitative estimate of drug-likeness (QED) is 0.699. The molecule has 1 aliphatic rings. The van der Waals surface area contributed by atoms with Crippen molar-refractivity contribution in [2.45, 2.75) is 19.9 Å². The molecule has 4 rings (SSSR count). The lowest BCUT2D eigenvalue weighted by atomic mass is 10.2. The van der Waals surface area contributed by atoms with E-state index in [-0.39, 0.29) is 5.91 Å². The molecule has 0 radical (unpaired) electrons. The standard InChI is InChI=1S/C21H24N6O/c1-17-20(24-27(23-17)19-6-3-2-4-7-19)21(28)26-13-5-12-25(14-15-26)16-18-8-10-22-11-9-18/h2-4,6-11H,5,12-16H2,1H3. The van der Waals surface area contributed by atoms with Crippen LogP contribution in [-0.4, -0.2) is 61.9 Å². The number of para-hydroxylation sites is 1. The smallest absolute Gasteiger partial charge is 0.276 e. The molecule has 28 heavy (non-hydrogen) atoms. The Bertz CT molecular complexity index is 925. The SMILES string of the molecule is Cc1nn(-c2ccccc2)nc1C(=O)N1CCCN(Cc2ccncc2)CC1. The third kappa shape index (κ3) is 4.09. The molecule has 0 aliphatic carbocycles. The Morgan fingerprint density at radius 1 is 0.964 bits per heavy atom. The predicted octanol–water partition coefficient (Wildman–Crippen LogP) is 2.32. The van der Waals surface area contributed by atoms with Crippen LogP contribution in [0.15, 0.2) is 54.9 Å². The lowest BCUT2D eigenvalue weighted by Gasteiger charge is -2.21. The topological polar surface area (TPSA) is 67.2 Å². The van der Waals surface area contributed by atoms with E-state index < -0.39 is 0 Å². The van der Waals surface area contributed by atoms with Gasteiger partial charge in [-0.15, -0.1) is 5.10 Å². The minimum atomic E-state index is -0.0366. The number of hydrogen-bond acceptors (Lipinski definition) is 5. The number of carbonyl (C=O) groups is 1. The molecule has 1 aromatic carbocycles. The van der Waals surface area contributed by atoms with Gasteiger partial charge in [-0.1, -0.05) is 18.2 Å². The van der Waals surface area contributed by atoms with Crippen molar-refractivity contribution in [3.8, 4) is 5.69 Å². The van der Waals surface area contributed by atoms with Crippen LogP contribution in [0, 0.1) is 6.92 Å². The van der Waals surface area contributed by atoms with Crippen molar-refractivity contribution in [2.24, 2.45) is 0 Å². The van der Waals surface area contributed by atoms with Gasteiger partial charge in [0, 0.05) is 45.1 Å². The van der Waals surface area contributed by atoms with Crippen LogP contribution in [0.1, 0.15) is 28.2 Å². The van der Waals surface area contributed by atoms with Crippen molar-refractivity contribution < 1.29 is 4.79 Å². The lowest BCUT2D eigenvalue weighted by molar-refractivity contribution is 0.0754. The lowest BCUT2D eigenvalue weighted by Crippen LogP contribution is -2.35. The molecule has 2 aromatic heterocycles. The zero-order chi connectivity index (χ0) is 19.3. The molecule has 3 aromatic rings. The number of nitrogens with zero attached hydrogens (tertiary/aromatic N) is 6. The van der Waals surface area contributed by atoms with E-state index in [1.165, 1.54) is 10.4 Å². The summed E-state index contributed by atoms with van der Waals surface area (Å²) in [5, 5.41) is 8.90. The van der Waals surface area contributed by atoms with Gasteiger partial charge in [-0.05, 0) is 43.2 Å². The first-order valence-electron chi connectivity index (χ1n) is 9.60. The van der Waals surface area contributed by atoms with Gasteiger partial charge in [0.15, 0.2) is 5.69 Å². The van der Waals surface area contributed by atoms with Crippen LogP contribution in [-0.2, 0) is 6.54 Å². The van der Waals surface area contributed by atoms with Gasteiger partial charge in [0.25, 0.3) is 5.91 Å². The Labute approximate surface area is 164 Å². The minimum Gasteiger partial charge on any atom is -0.336 e. The molecular weight excluding hydrogens is 352 g/mol. The summed E-state index contributed by atoms with van der Waals surface area (Å²) in [6, 6.07) is 13.7. The fourth-order valence-corrected chi connectivity index (χ4v) is 3.48. The van der Waals surface area contributed by atoms with E-state index in [1.807, 2.05) is 66.7 Å². The summed E-state index contributed by atoms with van der Waals surface area (Å²) >= 11 is 0. The Morgan fingerprint density at radius 2 is 1.75 bits per heavy atom. The van der Waals surface area contributed by atoms with Gasteiger partial charge in [-0.25, -0.2) is 0 Å². The number of amides is 1. The highest BCUT2D eigenvalue weighted by molar-refractivity contribution is 5.93. The fourth-order valence-electron chi connectivity index (χ4n) is 3.48. The summed E-state index contributed by atoms with van der Waals surface area (Å²) in [4.78, 5) is 23.0. The van der Waals surface area contributed by atoms with E-state index in [0.29, 0.717) is 17.9 Å². The van der Waals surface area contributed by atoms with Crippen LogP contribution < -0.4 is 0 Å². The molecule has 3 heterocycles. The molecule has 144 valence electrons. The number of aryl methyl sites for hydroxylation is 1. The number of rotatable bonds is 4. The number of aromatic nitrogens is 4. The molecule has 7 nitrogen and oxygen atoms in total. The number of hydrogen-bond donors (Lipinski definition) is 0. The summed E-state index contributed by atoms with van der Waals surface area (Å²) in [7, 11) is 0. The van der Waals surface area contributed by atoms with E-state index in [4.69, 9.17) is 0 Å². The summed E-state index contributed by atoms with van der Waals surface area (Å²) in [6.07, 6.45) is 4.59. The Kier molecular flexibility index (Phi) is 5.43. The van der Waals surface area contributed by atoms with Crippen molar-refractivity contribution >= 4 is 5.91 Å². The van der Waals surface area contributed by atoms with Crippen LogP contribution in [0.2, 0.25) is 0 Å². The van der Waals surface area contributed by atoms with Crippen LogP contribution in [0.4, 0.5) is 0 Å². The first-order chi connectivity index (χ1) is 13.7. The van der Waals surface area contributed by atoms with E-state index in [2.05, 4.69) is 20.1 Å². The van der Waals surface area contributed by atoms with Crippen molar-refractivity contribution in [1.82, 2.24) is 29.8 Å². The Balaban J connectivity index is 1.43. The highest BCUT2D eigenvalue weighted by atomic mass is 16.2. The second kappa shape index (κ2) is 8.31. The molecule has 0 spiro atoms.